The minimum Gasteiger partial charge on any atom is -0.497 e. The Bertz CT molecular complexity index is 1460. The fourth-order valence-corrected chi connectivity index (χ4v) is 4.76. The lowest BCUT2D eigenvalue weighted by molar-refractivity contribution is 0.0954. The molecule has 0 radical (unpaired) electrons. The lowest BCUT2D eigenvalue weighted by Gasteiger charge is -2.19. The van der Waals surface area contributed by atoms with Gasteiger partial charge in [0.25, 0.3) is 5.91 Å². The van der Waals surface area contributed by atoms with E-state index in [-0.39, 0.29) is 11.8 Å². The van der Waals surface area contributed by atoms with E-state index < -0.39 is 0 Å². The quantitative estimate of drug-likeness (QED) is 0.253. The maximum Gasteiger partial charge on any atom is 0.252 e. The molecule has 0 fully saturated rings. The van der Waals surface area contributed by atoms with Crippen LogP contribution < -0.4 is 10.1 Å². The molecule has 5 rings (SSSR count). The van der Waals surface area contributed by atoms with Crippen LogP contribution in [0, 0.1) is 6.92 Å². The van der Waals surface area contributed by atoms with Crippen molar-refractivity contribution in [1.29, 1.82) is 0 Å². The van der Waals surface area contributed by atoms with Crippen molar-refractivity contribution in [3.05, 3.63) is 131 Å². The first-order chi connectivity index (χ1) is 18.1. The summed E-state index contributed by atoms with van der Waals surface area (Å²) < 4.78 is 5.29. The molecule has 0 aliphatic heterocycles. The zero-order valence-electron chi connectivity index (χ0n) is 21.1. The predicted octanol–water partition coefficient (Wildman–Crippen LogP) is 7.17. The van der Waals surface area contributed by atoms with Gasteiger partial charge in [0.1, 0.15) is 5.75 Å². The van der Waals surface area contributed by atoms with Crippen molar-refractivity contribution in [2.24, 2.45) is 0 Å². The van der Waals surface area contributed by atoms with Crippen LogP contribution in [0.25, 0.3) is 22.2 Å². The number of carbonyl (C=O) groups is 1. The molecule has 0 spiro atoms. The minimum absolute atomic E-state index is 0.0902. The summed E-state index contributed by atoms with van der Waals surface area (Å²) in [6.45, 7) is 2.59. The van der Waals surface area contributed by atoms with E-state index in [1.165, 1.54) is 11.1 Å². The number of ether oxygens (including phenoxy) is 1. The van der Waals surface area contributed by atoms with Crippen molar-refractivity contribution in [1.82, 2.24) is 10.3 Å². The first kappa shape index (κ1) is 24.3. The molecule has 0 unspecified atom stereocenters. The van der Waals surface area contributed by atoms with Crippen LogP contribution in [0.4, 0.5) is 0 Å². The van der Waals surface area contributed by atoms with Gasteiger partial charge in [-0.2, -0.15) is 0 Å². The molecule has 0 saturated heterocycles. The van der Waals surface area contributed by atoms with Crippen LogP contribution >= 0.6 is 0 Å². The second-order valence-electron chi connectivity index (χ2n) is 9.22. The molecule has 4 aromatic carbocycles. The summed E-state index contributed by atoms with van der Waals surface area (Å²) in [7, 11) is 1.65. The number of benzene rings is 4. The van der Waals surface area contributed by atoms with Gasteiger partial charge in [-0.1, -0.05) is 72.3 Å². The van der Waals surface area contributed by atoms with Gasteiger partial charge in [0.05, 0.1) is 23.9 Å². The predicted molar refractivity (Wildman–Crippen MR) is 150 cm³/mol. The highest BCUT2D eigenvalue weighted by Crippen LogP contribution is 2.29. The normalized spacial score (nSPS) is 11.0. The maximum absolute atomic E-state index is 13.5. The number of nitrogens with zero attached hydrogens (tertiary/aromatic N) is 1. The lowest BCUT2D eigenvalue weighted by atomic mass is 9.88. The van der Waals surface area contributed by atoms with E-state index in [4.69, 9.17) is 9.72 Å². The summed E-state index contributed by atoms with van der Waals surface area (Å²) in [5, 5.41) is 4.05. The second kappa shape index (κ2) is 11.1. The molecule has 0 saturated carbocycles. The molecule has 1 aromatic heterocycles. The number of rotatable bonds is 8. The summed E-state index contributed by atoms with van der Waals surface area (Å²) >= 11 is 0. The number of carbonyl (C=O) groups excluding carboxylic acids is 1. The molecule has 37 heavy (non-hydrogen) atoms. The molecular weight excluding hydrogens is 456 g/mol. The monoisotopic (exact) mass is 486 g/mol. The molecule has 4 heteroatoms. The molecule has 1 heterocycles. The third-order valence-electron chi connectivity index (χ3n) is 6.72. The lowest BCUT2D eigenvalue weighted by Crippen LogP contribution is -2.26. The molecule has 0 aliphatic carbocycles. The number of hydrogen-bond donors (Lipinski definition) is 1. The average molecular weight is 487 g/mol. The van der Waals surface area contributed by atoms with Crippen LogP contribution in [0.2, 0.25) is 0 Å². The molecule has 0 aliphatic rings. The van der Waals surface area contributed by atoms with Gasteiger partial charge in [0.15, 0.2) is 0 Å². The van der Waals surface area contributed by atoms with Crippen molar-refractivity contribution in [3.63, 3.8) is 0 Å². The molecule has 5 aromatic rings. The second-order valence-corrected chi connectivity index (χ2v) is 9.22. The summed E-state index contributed by atoms with van der Waals surface area (Å²) in [6, 6.07) is 36.6. The molecule has 0 bridgehead atoms. The largest absolute Gasteiger partial charge is 0.497 e. The van der Waals surface area contributed by atoms with Gasteiger partial charge in [-0.15, -0.1) is 0 Å². The van der Waals surface area contributed by atoms with E-state index in [1.54, 1.807) is 7.11 Å². The topological polar surface area (TPSA) is 51.2 Å². The van der Waals surface area contributed by atoms with E-state index in [9.17, 15) is 4.79 Å². The van der Waals surface area contributed by atoms with Gasteiger partial charge in [-0.3, -0.25) is 4.79 Å². The number of aromatic nitrogens is 1. The fourth-order valence-electron chi connectivity index (χ4n) is 4.76. The summed E-state index contributed by atoms with van der Waals surface area (Å²) in [5.74, 6) is 0.895. The molecule has 1 N–H and O–H groups in total. The summed E-state index contributed by atoms with van der Waals surface area (Å²) in [5.41, 5.74) is 6.71. The fraction of sp³-hybridized carbons (Fsp3) is 0.152. The van der Waals surface area contributed by atoms with E-state index >= 15 is 0 Å². The van der Waals surface area contributed by atoms with Crippen LogP contribution in [-0.2, 0) is 0 Å². The van der Waals surface area contributed by atoms with E-state index in [2.05, 4.69) is 53.8 Å². The van der Waals surface area contributed by atoms with Crippen molar-refractivity contribution in [2.45, 2.75) is 19.3 Å². The van der Waals surface area contributed by atoms with Crippen LogP contribution in [0.3, 0.4) is 0 Å². The number of fused-ring (bicyclic) bond motifs is 1. The first-order valence-electron chi connectivity index (χ1n) is 12.6. The Balaban J connectivity index is 1.42. The number of pyridine rings is 1. The standard InChI is InChI=1S/C33H30N2O2/c1-23-13-18-31-29(21-23)30(22-32(35-31)26-14-16-27(37-2)17-15-26)33(36)34-20-19-28(24-9-5-3-6-10-24)25-11-7-4-8-12-25/h3-18,21-22,28H,19-20H2,1-2H3,(H,34,36). The third-order valence-corrected chi connectivity index (χ3v) is 6.72. The summed E-state index contributed by atoms with van der Waals surface area (Å²) in [4.78, 5) is 18.4. The smallest absolute Gasteiger partial charge is 0.252 e. The van der Waals surface area contributed by atoms with Gasteiger partial charge in [-0.05, 0) is 66.9 Å². The summed E-state index contributed by atoms with van der Waals surface area (Å²) in [6.07, 6.45) is 0.799. The SMILES string of the molecule is COc1ccc(-c2cc(C(=O)NCCC(c3ccccc3)c3ccccc3)c3cc(C)ccc3n2)cc1. The van der Waals surface area contributed by atoms with Crippen molar-refractivity contribution < 1.29 is 9.53 Å². The van der Waals surface area contributed by atoms with E-state index in [0.29, 0.717) is 12.1 Å². The highest BCUT2D eigenvalue weighted by Gasteiger charge is 2.17. The Morgan fingerprint density at radius 2 is 1.49 bits per heavy atom. The van der Waals surface area contributed by atoms with Crippen LogP contribution in [0.15, 0.2) is 109 Å². The van der Waals surface area contributed by atoms with Crippen molar-refractivity contribution in [2.75, 3.05) is 13.7 Å². The van der Waals surface area contributed by atoms with Crippen LogP contribution in [0.5, 0.6) is 5.75 Å². The van der Waals surface area contributed by atoms with Crippen LogP contribution in [0.1, 0.15) is 39.4 Å². The molecule has 0 atom stereocenters. The zero-order chi connectivity index (χ0) is 25.6. The Morgan fingerprint density at radius 1 is 0.838 bits per heavy atom. The van der Waals surface area contributed by atoms with E-state index in [0.717, 1.165) is 39.9 Å². The number of hydrogen-bond acceptors (Lipinski definition) is 3. The van der Waals surface area contributed by atoms with Gasteiger partial charge in [0.2, 0.25) is 0 Å². The van der Waals surface area contributed by atoms with Crippen molar-refractivity contribution >= 4 is 16.8 Å². The molecule has 4 nitrogen and oxygen atoms in total. The number of methoxy groups -OCH3 is 1. The molecule has 184 valence electrons. The third kappa shape index (κ3) is 5.54. The van der Waals surface area contributed by atoms with Gasteiger partial charge >= 0.3 is 0 Å². The first-order valence-corrected chi connectivity index (χ1v) is 12.6. The maximum atomic E-state index is 13.5. The average Bonchev–Trinajstić information content (AvgIpc) is 2.95. The Hall–Kier alpha value is -4.44. The Kier molecular flexibility index (Phi) is 7.27. The van der Waals surface area contributed by atoms with E-state index in [1.807, 2.05) is 67.6 Å². The number of amides is 1. The van der Waals surface area contributed by atoms with Gasteiger partial charge in [-0.25, -0.2) is 4.98 Å². The Labute approximate surface area is 218 Å². The number of nitrogens with one attached hydrogen (secondary N) is 1. The van der Waals surface area contributed by atoms with Crippen LogP contribution in [-0.4, -0.2) is 24.5 Å². The highest BCUT2D eigenvalue weighted by molar-refractivity contribution is 6.07. The van der Waals surface area contributed by atoms with Gasteiger partial charge < -0.3 is 10.1 Å². The minimum atomic E-state index is -0.0902. The molecule has 1 amide bonds. The number of aryl methyl sites for hydroxylation is 1. The van der Waals surface area contributed by atoms with Gasteiger partial charge in [0, 0.05) is 23.4 Å². The Morgan fingerprint density at radius 3 is 2.11 bits per heavy atom. The highest BCUT2D eigenvalue weighted by atomic mass is 16.5. The zero-order valence-corrected chi connectivity index (χ0v) is 21.1. The van der Waals surface area contributed by atoms with Crippen molar-refractivity contribution in [3.8, 4) is 17.0 Å². The molecular formula is C33H30N2O2.